The van der Waals surface area contributed by atoms with Gasteiger partial charge >= 0.3 is 6.18 Å². The molecule has 0 saturated carbocycles. The lowest BCUT2D eigenvalue weighted by Gasteiger charge is -2.22. The Kier molecular flexibility index (Phi) is 5.68. The van der Waals surface area contributed by atoms with Gasteiger partial charge in [0.1, 0.15) is 23.4 Å². The van der Waals surface area contributed by atoms with Crippen LogP contribution in [0.5, 0.6) is 17.2 Å². The van der Waals surface area contributed by atoms with Crippen LogP contribution in [0.4, 0.5) is 13.2 Å². The molecule has 0 saturated heterocycles. The van der Waals surface area contributed by atoms with Crippen LogP contribution in [0.25, 0.3) is 0 Å². The van der Waals surface area contributed by atoms with E-state index in [1.54, 1.807) is 24.3 Å². The monoisotopic (exact) mass is 413 g/mol. The van der Waals surface area contributed by atoms with E-state index < -0.39 is 11.7 Å². The van der Waals surface area contributed by atoms with E-state index >= 15 is 0 Å². The van der Waals surface area contributed by atoms with Crippen LogP contribution in [0.2, 0.25) is 0 Å². The lowest BCUT2D eigenvalue weighted by molar-refractivity contribution is -0.138. The first-order valence-electron chi connectivity index (χ1n) is 9.79. The molecule has 0 radical (unpaired) electrons. The minimum atomic E-state index is -4.47. The van der Waals surface area contributed by atoms with Crippen molar-refractivity contribution in [3.63, 3.8) is 0 Å². The number of fused-ring (bicyclic) bond motifs is 1. The molecule has 3 aromatic carbocycles. The van der Waals surface area contributed by atoms with Gasteiger partial charge in [0, 0.05) is 12.5 Å². The molecule has 1 aliphatic carbocycles. The van der Waals surface area contributed by atoms with Gasteiger partial charge in [0.15, 0.2) is 0 Å². The summed E-state index contributed by atoms with van der Waals surface area (Å²) >= 11 is 0. The molecule has 0 fully saturated rings. The predicted molar refractivity (Wildman–Crippen MR) is 109 cm³/mol. The van der Waals surface area contributed by atoms with Crippen LogP contribution < -0.4 is 14.8 Å². The van der Waals surface area contributed by atoms with Crippen LogP contribution in [-0.2, 0) is 12.6 Å². The van der Waals surface area contributed by atoms with Crippen molar-refractivity contribution in [3.8, 4) is 17.2 Å². The standard InChI is InChI=1S/C24H22F3NO2/c1-28-15-17-14-16-6-2-3-7-20(16)23(17)30-19-12-10-18(11-13-19)29-22-9-5-4-8-21(22)24(25,26)27/h2-13,17,23,28H,14-15H2,1H3. The summed E-state index contributed by atoms with van der Waals surface area (Å²) in [4.78, 5) is 0. The SMILES string of the molecule is CNCC1Cc2ccccc2C1Oc1ccc(Oc2ccccc2C(F)(F)F)cc1. The summed E-state index contributed by atoms with van der Waals surface area (Å²) in [6, 6.07) is 20.1. The fourth-order valence-electron chi connectivity index (χ4n) is 3.89. The minimum absolute atomic E-state index is 0.0774. The molecular formula is C24H22F3NO2. The number of alkyl halides is 3. The number of rotatable bonds is 6. The molecule has 1 N–H and O–H groups in total. The highest BCUT2D eigenvalue weighted by molar-refractivity contribution is 5.41. The number of benzene rings is 3. The Morgan fingerprint density at radius 1 is 0.900 bits per heavy atom. The lowest BCUT2D eigenvalue weighted by Crippen LogP contribution is -2.25. The second-order valence-corrected chi connectivity index (χ2v) is 7.33. The predicted octanol–water partition coefficient (Wildman–Crippen LogP) is 6.01. The summed E-state index contributed by atoms with van der Waals surface area (Å²) in [6.07, 6.45) is -3.61. The van der Waals surface area contributed by atoms with Gasteiger partial charge in [0.05, 0.1) is 5.56 Å². The Labute approximate surface area is 173 Å². The molecule has 2 unspecified atom stereocenters. The Morgan fingerprint density at radius 3 is 2.30 bits per heavy atom. The van der Waals surface area contributed by atoms with E-state index in [0.717, 1.165) is 19.0 Å². The van der Waals surface area contributed by atoms with Crippen LogP contribution in [0.15, 0.2) is 72.8 Å². The zero-order chi connectivity index (χ0) is 21.1. The largest absolute Gasteiger partial charge is 0.485 e. The number of hydrogen-bond acceptors (Lipinski definition) is 3. The van der Waals surface area contributed by atoms with Gasteiger partial charge in [-0.05, 0) is 61.0 Å². The third-order valence-electron chi connectivity index (χ3n) is 5.25. The lowest BCUT2D eigenvalue weighted by atomic mass is 10.0. The maximum Gasteiger partial charge on any atom is 0.419 e. The van der Waals surface area contributed by atoms with Crippen molar-refractivity contribution in [2.75, 3.05) is 13.6 Å². The van der Waals surface area contributed by atoms with E-state index in [9.17, 15) is 13.2 Å². The van der Waals surface area contributed by atoms with E-state index in [0.29, 0.717) is 17.4 Å². The number of para-hydroxylation sites is 1. The fraction of sp³-hybridized carbons (Fsp3) is 0.250. The summed E-state index contributed by atoms with van der Waals surface area (Å²) < 4.78 is 51.2. The molecule has 0 amide bonds. The van der Waals surface area contributed by atoms with Gasteiger partial charge < -0.3 is 14.8 Å². The average Bonchev–Trinajstić information content (AvgIpc) is 3.07. The normalized spacial score (nSPS) is 18.1. The molecule has 156 valence electrons. The van der Waals surface area contributed by atoms with Gasteiger partial charge in [-0.3, -0.25) is 0 Å². The summed E-state index contributed by atoms with van der Waals surface area (Å²) in [5, 5.41) is 3.22. The Balaban J connectivity index is 1.51. The molecule has 0 bridgehead atoms. The number of nitrogens with one attached hydrogen (secondary N) is 1. The van der Waals surface area contributed by atoms with Crippen molar-refractivity contribution in [2.45, 2.75) is 18.7 Å². The van der Waals surface area contributed by atoms with Gasteiger partial charge in [0.2, 0.25) is 0 Å². The highest BCUT2D eigenvalue weighted by atomic mass is 19.4. The van der Waals surface area contributed by atoms with Crippen LogP contribution in [0.1, 0.15) is 22.8 Å². The maximum atomic E-state index is 13.2. The maximum absolute atomic E-state index is 13.2. The molecule has 2 atom stereocenters. The molecule has 4 rings (SSSR count). The van der Waals surface area contributed by atoms with Gasteiger partial charge in [0.25, 0.3) is 0 Å². The van der Waals surface area contributed by atoms with Crippen LogP contribution in [0.3, 0.4) is 0 Å². The quantitative estimate of drug-likeness (QED) is 0.537. The molecule has 3 nitrogen and oxygen atoms in total. The van der Waals surface area contributed by atoms with E-state index in [-0.39, 0.29) is 11.9 Å². The minimum Gasteiger partial charge on any atom is -0.485 e. The van der Waals surface area contributed by atoms with Gasteiger partial charge in [-0.1, -0.05) is 36.4 Å². The molecule has 6 heteroatoms. The second-order valence-electron chi connectivity index (χ2n) is 7.33. The van der Waals surface area contributed by atoms with Crippen molar-refractivity contribution in [1.29, 1.82) is 0 Å². The van der Waals surface area contributed by atoms with Crippen LogP contribution in [0, 0.1) is 5.92 Å². The smallest absolute Gasteiger partial charge is 0.419 e. The molecule has 0 spiro atoms. The third-order valence-corrected chi connectivity index (χ3v) is 5.25. The highest BCUT2D eigenvalue weighted by Crippen LogP contribution is 2.40. The number of hydrogen-bond donors (Lipinski definition) is 1. The first kappa shape index (κ1) is 20.3. The van der Waals surface area contributed by atoms with Gasteiger partial charge in [-0.15, -0.1) is 0 Å². The van der Waals surface area contributed by atoms with Crippen LogP contribution in [-0.4, -0.2) is 13.6 Å². The third kappa shape index (κ3) is 4.28. The van der Waals surface area contributed by atoms with Crippen molar-refractivity contribution < 1.29 is 22.6 Å². The van der Waals surface area contributed by atoms with E-state index in [1.165, 1.54) is 29.3 Å². The Hall–Kier alpha value is -2.99. The van der Waals surface area contributed by atoms with Crippen molar-refractivity contribution >= 4 is 0 Å². The number of halogens is 3. The first-order chi connectivity index (χ1) is 14.5. The Bertz CT molecular complexity index is 1000. The molecule has 1 aliphatic rings. The fourth-order valence-corrected chi connectivity index (χ4v) is 3.89. The zero-order valence-corrected chi connectivity index (χ0v) is 16.4. The van der Waals surface area contributed by atoms with E-state index in [2.05, 4.69) is 17.4 Å². The Morgan fingerprint density at radius 2 is 1.57 bits per heavy atom. The molecular weight excluding hydrogens is 391 g/mol. The second kappa shape index (κ2) is 8.40. The first-order valence-corrected chi connectivity index (χ1v) is 9.79. The molecule has 0 heterocycles. The van der Waals surface area contributed by atoms with Crippen molar-refractivity contribution in [1.82, 2.24) is 5.32 Å². The number of ether oxygens (including phenoxy) is 2. The summed E-state index contributed by atoms with van der Waals surface area (Å²) in [5.41, 5.74) is 1.66. The zero-order valence-electron chi connectivity index (χ0n) is 16.4. The van der Waals surface area contributed by atoms with E-state index in [1.807, 2.05) is 19.2 Å². The average molecular weight is 413 g/mol. The van der Waals surface area contributed by atoms with Gasteiger partial charge in [-0.25, -0.2) is 0 Å². The van der Waals surface area contributed by atoms with Crippen molar-refractivity contribution in [3.05, 3.63) is 89.5 Å². The molecule has 0 aliphatic heterocycles. The van der Waals surface area contributed by atoms with Gasteiger partial charge in [-0.2, -0.15) is 13.2 Å². The van der Waals surface area contributed by atoms with E-state index in [4.69, 9.17) is 9.47 Å². The molecule has 30 heavy (non-hydrogen) atoms. The van der Waals surface area contributed by atoms with Crippen LogP contribution >= 0.6 is 0 Å². The topological polar surface area (TPSA) is 30.5 Å². The molecule has 0 aromatic heterocycles. The molecule has 3 aromatic rings. The summed E-state index contributed by atoms with van der Waals surface area (Å²) in [5.74, 6) is 1.05. The highest BCUT2D eigenvalue weighted by Gasteiger charge is 2.35. The summed E-state index contributed by atoms with van der Waals surface area (Å²) in [6.45, 7) is 0.828. The van der Waals surface area contributed by atoms with Crippen molar-refractivity contribution in [2.24, 2.45) is 5.92 Å². The summed E-state index contributed by atoms with van der Waals surface area (Å²) in [7, 11) is 1.92.